The van der Waals surface area contributed by atoms with Gasteiger partial charge in [0.25, 0.3) is 5.91 Å². The van der Waals surface area contributed by atoms with Crippen molar-refractivity contribution >= 4 is 22.8 Å². The van der Waals surface area contributed by atoms with E-state index in [4.69, 9.17) is 9.47 Å². The third-order valence-electron chi connectivity index (χ3n) is 5.39. The summed E-state index contributed by atoms with van der Waals surface area (Å²) in [6.07, 6.45) is 1.27. The monoisotopic (exact) mass is 392 g/mol. The molecular weight excluding hydrogens is 368 g/mol. The number of piperidine rings is 1. The van der Waals surface area contributed by atoms with Gasteiger partial charge in [0.1, 0.15) is 18.1 Å². The number of amides is 1. The number of rotatable bonds is 5. The van der Waals surface area contributed by atoms with Gasteiger partial charge in [0.05, 0.1) is 13.0 Å². The van der Waals surface area contributed by atoms with Crippen molar-refractivity contribution in [2.24, 2.45) is 5.92 Å². The highest BCUT2D eigenvalue weighted by Crippen LogP contribution is 2.25. The Labute approximate surface area is 169 Å². The fourth-order valence-corrected chi connectivity index (χ4v) is 3.71. The van der Waals surface area contributed by atoms with Crippen LogP contribution in [-0.4, -0.2) is 42.0 Å². The molecule has 0 unspecified atom stereocenters. The fraction of sp³-hybridized carbons (Fsp3) is 0.304. The van der Waals surface area contributed by atoms with E-state index >= 15 is 0 Å². The van der Waals surface area contributed by atoms with Crippen LogP contribution >= 0.6 is 0 Å². The van der Waals surface area contributed by atoms with Gasteiger partial charge < -0.3 is 19.4 Å². The quantitative estimate of drug-likeness (QED) is 0.671. The molecular formula is C23H24N2O4. The highest BCUT2D eigenvalue weighted by Gasteiger charge is 2.28. The van der Waals surface area contributed by atoms with Gasteiger partial charge in [-0.15, -0.1) is 0 Å². The number of carbonyl (C=O) groups excluding carboxylic acids is 2. The number of fused-ring (bicyclic) bond motifs is 1. The minimum Gasteiger partial charge on any atom is -0.489 e. The molecule has 3 aromatic rings. The Morgan fingerprint density at radius 1 is 1.07 bits per heavy atom. The summed E-state index contributed by atoms with van der Waals surface area (Å²) >= 11 is 0. The average Bonchev–Trinajstić information content (AvgIpc) is 3.21. The van der Waals surface area contributed by atoms with Gasteiger partial charge in [0, 0.05) is 30.1 Å². The molecule has 29 heavy (non-hydrogen) atoms. The fourth-order valence-electron chi connectivity index (χ4n) is 3.71. The van der Waals surface area contributed by atoms with Crippen LogP contribution in [0, 0.1) is 5.92 Å². The van der Waals surface area contributed by atoms with Crippen molar-refractivity contribution in [1.82, 2.24) is 9.88 Å². The van der Waals surface area contributed by atoms with Crippen molar-refractivity contribution in [3.63, 3.8) is 0 Å². The molecule has 150 valence electrons. The third-order valence-corrected chi connectivity index (χ3v) is 5.39. The van der Waals surface area contributed by atoms with Crippen LogP contribution < -0.4 is 4.74 Å². The number of nitrogens with one attached hydrogen (secondary N) is 1. The van der Waals surface area contributed by atoms with E-state index in [0.717, 1.165) is 22.2 Å². The first-order valence-electron chi connectivity index (χ1n) is 9.80. The van der Waals surface area contributed by atoms with Crippen molar-refractivity contribution in [2.45, 2.75) is 19.4 Å². The number of ether oxygens (including phenoxy) is 2. The Balaban J connectivity index is 1.42. The lowest BCUT2D eigenvalue weighted by Crippen LogP contribution is -2.40. The molecule has 0 atom stereocenters. The summed E-state index contributed by atoms with van der Waals surface area (Å²) in [5, 5.41) is 0.963. The highest BCUT2D eigenvalue weighted by atomic mass is 16.5. The van der Waals surface area contributed by atoms with Gasteiger partial charge >= 0.3 is 5.97 Å². The van der Waals surface area contributed by atoms with Gasteiger partial charge in [-0.25, -0.2) is 0 Å². The molecule has 1 N–H and O–H groups in total. The summed E-state index contributed by atoms with van der Waals surface area (Å²) in [4.78, 5) is 29.5. The van der Waals surface area contributed by atoms with E-state index in [1.165, 1.54) is 7.11 Å². The summed E-state index contributed by atoms with van der Waals surface area (Å²) in [5.41, 5.74) is 2.52. The predicted molar refractivity (Wildman–Crippen MR) is 110 cm³/mol. The largest absolute Gasteiger partial charge is 0.489 e. The average molecular weight is 392 g/mol. The predicted octanol–water partition coefficient (Wildman–Crippen LogP) is 3.77. The number of aromatic amines is 1. The molecule has 1 saturated heterocycles. The van der Waals surface area contributed by atoms with Crippen molar-refractivity contribution in [3.8, 4) is 5.75 Å². The van der Waals surface area contributed by atoms with Crippen molar-refractivity contribution in [1.29, 1.82) is 0 Å². The van der Waals surface area contributed by atoms with Crippen LogP contribution in [-0.2, 0) is 16.1 Å². The number of esters is 1. The zero-order chi connectivity index (χ0) is 20.2. The van der Waals surface area contributed by atoms with E-state index < -0.39 is 0 Å². The molecule has 1 aliphatic rings. The van der Waals surface area contributed by atoms with Crippen LogP contribution in [0.2, 0.25) is 0 Å². The Kier molecular flexibility index (Phi) is 5.51. The van der Waals surface area contributed by atoms with E-state index in [0.29, 0.717) is 38.2 Å². The number of likely N-dealkylation sites (tertiary alicyclic amines) is 1. The maximum Gasteiger partial charge on any atom is 0.308 e. The molecule has 1 fully saturated rings. The number of hydrogen-bond donors (Lipinski definition) is 1. The third kappa shape index (κ3) is 4.26. The molecule has 6 heteroatoms. The number of nitrogens with zero attached hydrogens (tertiary/aromatic N) is 1. The molecule has 2 heterocycles. The molecule has 1 aromatic heterocycles. The molecule has 0 radical (unpaired) electrons. The molecule has 4 rings (SSSR count). The maximum atomic E-state index is 12.9. The molecule has 0 bridgehead atoms. The lowest BCUT2D eigenvalue weighted by atomic mass is 9.97. The zero-order valence-electron chi connectivity index (χ0n) is 16.4. The summed E-state index contributed by atoms with van der Waals surface area (Å²) in [5.74, 6) is 0.402. The first-order chi connectivity index (χ1) is 14.1. The topological polar surface area (TPSA) is 71.6 Å². The summed E-state index contributed by atoms with van der Waals surface area (Å²) in [6, 6.07) is 17.6. The van der Waals surface area contributed by atoms with Gasteiger partial charge in [0.15, 0.2) is 0 Å². The van der Waals surface area contributed by atoms with Crippen molar-refractivity contribution < 1.29 is 19.1 Å². The van der Waals surface area contributed by atoms with Gasteiger partial charge in [-0.05, 0) is 36.6 Å². The summed E-state index contributed by atoms with van der Waals surface area (Å²) < 4.78 is 10.7. The second kappa shape index (κ2) is 8.39. The van der Waals surface area contributed by atoms with Crippen molar-refractivity contribution in [2.75, 3.05) is 20.2 Å². The van der Waals surface area contributed by atoms with Crippen LogP contribution in [0.25, 0.3) is 10.9 Å². The molecule has 0 aliphatic carbocycles. The molecule has 0 saturated carbocycles. The van der Waals surface area contributed by atoms with Crippen LogP contribution in [0.1, 0.15) is 28.9 Å². The van der Waals surface area contributed by atoms with Crippen LogP contribution in [0.15, 0.2) is 54.6 Å². The molecule has 1 aliphatic heterocycles. The second-order valence-electron chi connectivity index (χ2n) is 7.30. The molecule has 0 spiro atoms. The number of carbonyl (C=O) groups is 2. The van der Waals surface area contributed by atoms with Crippen LogP contribution in [0.5, 0.6) is 5.75 Å². The minimum absolute atomic E-state index is 0.0451. The first kappa shape index (κ1) is 19.1. The number of H-pyrrole nitrogens is 1. The standard InChI is InChI=1S/C23H24N2O4/c1-28-23(27)17-9-11-25(12-10-17)22(26)21-13-18-7-8-19(14-20(18)24-21)29-15-16-5-3-2-4-6-16/h2-8,13-14,17,24H,9-12,15H2,1H3. The molecule has 1 amide bonds. The Morgan fingerprint density at radius 2 is 1.83 bits per heavy atom. The van der Waals surface area contributed by atoms with E-state index in [1.54, 1.807) is 4.90 Å². The number of methoxy groups -OCH3 is 1. The second-order valence-corrected chi connectivity index (χ2v) is 7.30. The maximum absolute atomic E-state index is 12.9. The number of benzene rings is 2. The minimum atomic E-state index is -0.189. The molecule has 2 aromatic carbocycles. The smallest absolute Gasteiger partial charge is 0.308 e. The number of aromatic nitrogens is 1. The lowest BCUT2D eigenvalue weighted by molar-refractivity contribution is -0.146. The van der Waals surface area contributed by atoms with Gasteiger partial charge in [-0.3, -0.25) is 9.59 Å². The van der Waals surface area contributed by atoms with E-state index in [2.05, 4.69) is 4.98 Å². The van der Waals surface area contributed by atoms with Gasteiger partial charge in [-0.1, -0.05) is 30.3 Å². The Hall–Kier alpha value is -3.28. The Morgan fingerprint density at radius 3 is 2.55 bits per heavy atom. The SMILES string of the molecule is COC(=O)C1CCN(C(=O)c2cc3ccc(OCc4ccccc4)cc3[nH]2)CC1. The van der Waals surface area contributed by atoms with E-state index in [9.17, 15) is 9.59 Å². The molecule has 6 nitrogen and oxygen atoms in total. The lowest BCUT2D eigenvalue weighted by Gasteiger charge is -2.30. The van der Waals surface area contributed by atoms with Crippen molar-refractivity contribution in [3.05, 3.63) is 65.9 Å². The zero-order valence-corrected chi connectivity index (χ0v) is 16.4. The van der Waals surface area contributed by atoms with Gasteiger partial charge in [0.2, 0.25) is 0 Å². The first-order valence-corrected chi connectivity index (χ1v) is 9.80. The Bertz CT molecular complexity index is 1000. The van der Waals surface area contributed by atoms with Crippen LogP contribution in [0.4, 0.5) is 0 Å². The highest BCUT2D eigenvalue weighted by molar-refractivity contribution is 5.98. The number of hydrogen-bond acceptors (Lipinski definition) is 4. The van der Waals surface area contributed by atoms with Gasteiger partial charge in [-0.2, -0.15) is 0 Å². The summed E-state index contributed by atoms with van der Waals surface area (Å²) in [7, 11) is 1.40. The van der Waals surface area contributed by atoms with E-state index in [-0.39, 0.29) is 17.8 Å². The normalized spacial score (nSPS) is 14.7. The van der Waals surface area contributed by atoms with Crippen LogP contribution in [0.3, 0.4) is 0 Å². The van der Waals surface area contributed by atoms with E-state index in [1.807, 2.05) is 54.6 Å². The summed E-state index contributed by atoms with van der Waals surface area (Å²) in [6.45, 7) is 1.60.